The number of nitrogens with zero attached hydrogens (tertiary/aromatic N) is 4. The summed E-state index contributed by atoms with van der Waals surface area (Å²) in [5.74, 6) is 2.15. The van der Waals surface area contributed by atoms with Gasteiger partial charge in [0.15, 0.2) is 0 Å². The van der Waals surface area contributed by atoms with Gasteiger partial charge < -0.3 is 19.9 Å². The Kier molecular flexibility index (Phi) is 7.85. The summed E-state index contributed by atoms with van der Waals surface area (Å²) in [4.78, 5) is 11.5. The average molecular weight is 512 g/mol. The highest BCUT2D eigenvalue weighted by molar-refractivity contribution is 6.00. The highest BCUT2D eigenvalue weighted by atomic mass is 35.5. The molecule has 1 saturated carbocycles. The van der Waals surface area contributed by atoms with Crippen molar-refractivity contribution in [3.05, 3.63) is 72.7 Å². The average Bonchev–Trinajstić information content (AvgIpc) is 3.17. The first kappa shape index (κ1) is 25.3. The number of nitrogen functional groups attached to an aromatic ring is 1. The minimum absolute atomic E-state index is 0. The van der Waals surface area contributed by atoms with Crippen LogP contribution in [0.5, 0.6) is 5.75 Å². The zero-order valence-electron chi connectivity index (χ0n) is 19.5. The third kappa shape index (κ3) is 5.10. The molecule has 2 fully saturated rings. The molecule has 2 aromatic carbocycles. The van der Waals surface area contributed by atoms with E-state index in [0.717, 1.165) is 39.4 Å². The number of benzene rings is 2. The Morgan fingerprint density at radius 3 is 2.51 bits per heavy atom. The van der Waals surface area contributed by atoms with Gasteiger partial charge in [-0.1, -0.05) is 42.5 Å². The van der Waals surface area contributed by atoms with Gasteiger partial charge >= 0.3 is 0 Å². The number of hydrogen-bond donors (Lipinski definition) is 1. The first-order chi connectivity index (χ1) is 16.2. The molecule has 0 radical (unpaired) electrons. The second kappa shape index (κ2) is 10.9. The number of ether oxygens (including phenoxy) is 1. The highest BCUT2D eigenvalue weighted by Crippen LogP contribution is 2.43. The van der Waals surface area contributed by atoms with Crippen LogP contribution in [0, 0.1) is 5.92 Å². The van der Waals surface area contributed by atoms with Crippen LogP contribution in [0.2, 0.25) is 0 Å². The van der Waals surface area contributed by atoms with E-state index in [2.05, 4.69) is 49.9 Å². The second-order valence-corrected chi connectivity index (χ2v) is 9.36. The summed E-state index contributed by atoms with van der Waals surface area (Å²) < 4.78 is 8.40. The Morgan fingerprint density at radius 1 is 0.971 bits per heavy atom. The van der Waals surface area contributed by atoms with Crippen LogP contribution >= 0.6 is 24.8 Å². The topological polar surface area (TPSA) is 69.2 Å². The van der Waals surface area contributed by atoms with Crippen molar-refractivity contribution in [1.82, 2.24) is 19.4 Å². The van der Waals surface area contributed by atoms with Crippen LogP contribution in [-0.4, -0.2) is 39.1 Å². The first-order valence-corrected chi connectivity index (χ1v) is 11.8. The summed E-state index contributed by atoms with van der Waals surface area (Å²) in [7, 11) is 0. The summed E-state index contributed by atoms with van der Waals surface area (Å²) in [6.45, 7) is 4.31. The molecule has 0 bridgehead atoms. The van der Waals surface area contributed by atoms with E-state index >= 15 is 0 Å². The number of anilines is 1. The van der Waals surface area contributed by atoms with Gasteiger partial charge in [0, 0.05) is 24.3 Å². The van der Waals surface area contributed by atoms with Gasteiger partial charge in [-0.05, 0) is 61.5 Å². The molecule has 35 heavy (non-hydrogen) atoms. The number of fused-ring (bicyclic) bond motifs is 1. The number of rotatable bonds is 7. The summed E-state index contributed by atoms with van der Waals surface area (Å²) in [6.07, 6.45) is 7.55. The minimum atomic E-state index is 0. The molecule has 8 heteroatoms. The monoisotopic (exact) mass is 511 g/mol. The summed E-state index contributed by atoms with van der Waals surface area (Å²) in [6, 6.07) is 18.9. The third-order valence-electron chi connectivity index (χ3n) is 7.10. The second-order valence-electron chi connectivity index (χ2n) is 9.36. The molecule has 6 rings (SSSR count). The van der Waals surface area contributed by atoms with Gasteiger partial charge in [0.2, 0.25) is 0 Å². The Hall–Kier alpha value is -2.80. The largest absolute Gasteiger partial charge is 0.489 e. The molecule has 0 unspecified atom stereocenters. The molecule has 2 aromatic heterocycles. The molecule has 1 aliphatic carbocycles. The van der Waals surface area contributed by atoms with Crippen molar-refractivity contribution in [3.63, 3.8) is 0 Å². The molecule has 184 valence electrons. The van der Waals surface area contributed by atoms with Crippen LogP contribution in [0.15, 0.2) is 67.1 Å². The van der Waals surface area contributed by atoms with Gasteiger partial charge in [-0.15, -0.1) is 24.8 Å². The van der Waals surface area contributed by atoms with Gasteiger partial charge in [-0.25, -0.2) is 9.97 Å². The zero-order valence-corrected chi connectivity index (χ0v) is 21.2. The minimum Gasteiger partial charge on any atom is -0.489 e. The number of hydrogen-bond acceptors (Lipinski definition) is 5. The maximum atomic E-state index is 6.36. The number of aromatic nitrogens is 3. The SMILES string of the molecule is Cl.Cl.Nc1ncnc2c1c(-c1cccc(OCc3ccccc3)c1)cn2C1CC(CN2CCC2)C1. The molecule has 6 nitrogen and oxygen atoms in total. The van der Waals surface area contributed by atoms with Crippen molar-refractivity contribution in [3.8, 4) is 16.9 Å². The van der Waals surface area contributed by atoms with E-state index in [4.69, 9.17) is 10.5 Å². The Bertz CT molecular complexity index is 1270. The standard InChI is InChI=1S/C27H29N5O.2ClH/c28-26-25-24(21-8-4-9-23(14-21)33-17-19-6-2-1-3-7-19)16-32(27(25)30-18-29-26)22-12-20(13-22)15-31-10-5-11-31;;/h1-4,6-9,14,16,18,20,22H,5,10-13,15,17H2,(H2,28,29,30);2*1H. The van der Waals surface area contributed by atoms with E-state index in [-0.39, 0.29) is 24.8 Å². The van der Waals surface area contributed by atoms with Crippen LogP contribution in [0.1, 0.15) is 30.9 Å². The Balaban J connectivity index is 0.00000144. The molecule has 4 aromatic rings. The molecular weight excluding hydrogens is 481 g/mol. The zero-order chi connectivity index (χ0) is 22.2. The molecule has 0 atom stereocenters. The lowest BCUT2D eigenvalue weighted by Crippen LogP contribution is -2.43. The summed E-state index contributed by atoms with van der Waals surface area (Å²) in [5.41, 5.74) is 10.6. The lowest BCUT2D eigenvalue weighted by molar-refractivity contribution is 0.0921. The molecule has 2 aliphatic rings. The van der Waals surface area contributed by atoms with Gasteiger partial charge in [0.25, 0.3) is 0 Å². The van der Waals surface area contributed by atoms with Crippen molar-refractivity contribution in [2.45, 2.75) is 31.9 Å². The first-order valence-electron chi connectivity index (χ1n) is 11.8. The number of halogens is 2. The molecule has 1 aliphatic heterocycles. The van der Waals surface area contributed by atoms with Crippen LogP contribution in [-0.2, 0) is 6.61 Å². The van der Waals surface area contributed by atoms with Crippen LogP contribution < -0.4 is 10.5 Å². The normalized spacial score (nSPS) is 19.2. The lowest BCUT2D eigenvalue weighted by Gasteiger charge is -2.42. The van der Waals surface area contributed by atoms with E-state index in [0.29, 0.717) is 18.5 Å². The van der Waals surface area contributed by atoms with Crippen molar-refractivity contribution < 1.29 is 4.74 Å². The lowest BCUT2D eigenvalue weighted by atomic mass is 9.79. The van der Waals surface area contributed by atoms with Crippen molar-refractivity contribution in [2.24, 2.45) is 5.92 Å². The van der Waals surface area contributed by atoms with Crippen molar-refractivity contribution in [2.75, 3.05) is 25.4 Å². The van der Waals surface area contributed by atoms with E-state index < -0.39 is 0 Å². The van der Waals surface area contributed by atoms with Gasteiger partial charge in [0.1, 0.15) is 30.1 Å². The fourth-order valence-corrected chi connectivity index (χ4v) is 5.11. The summed E-state index contributed by atoms with van der Waals surface area (Å²) >= 11 is 0. The predicted octanol–water partition coefficient (Wildman–Crippen LogP) is 5.76. The van der Waals surface area contributed by atoms with Gasteiger partial charge in [-0.2, -0.15) is 0 Å². The molecular formula is C27H31Cl2N5O. The van der Waals surface area contributed by atoms with Crippen molar-refractivity contribution >= 4 is 41.7 Å². The highest BCUT2D eigenvalue weighted by Gasteiger charge is 2.34. The predicted molar refractivity (Wildman–Crippen MR) is 145 cm³/mol. The van der Waals surface area contributed by atoms with Crippen LogP contribution in [0.4, 0.5) is 5.82 Å². The molecule has 0 spiro atoms. The number of nitrogens with two attached hydrogens (primary N) is 1. The van der Waals surface area contributed by atoms with E-state index in [1.54, 1.807) is 6.33 Å². The van der Waals surface area contributed by atoms with E-state index in [9.17, 15) is 0 Å². The molecule has 1 saturated heterocycles. The molecule has 2 N–H and O–H groups in total. The quantitative estimate of drug-likeness (QED) is 0.341. The van der Waals surface area contributed by atoms with Gasteiger partial charge in [0.05, 0.1) is 5.39 Å². The van der Waals surface area contributed by atoms with E-state index in [1.165, 1.54) is 38.9 Å². The summed E-state index contributed by atoms with van der Waals surface area (Å²) in [5, 5.41) is 0.934. The maximum Gasteiger partial charge on any atom is 0.146 e. The van der Waals surface area contributed by atoms with Gasteiger partial charge in [-0.3, -0.25) is 0 Å². The van der Waals surface area contributed by atoms with E-state index in [1.807, 2.05) is 30.3 Å². The van der Waals surface area contributed by atoms with Crippen LogP contribution in [0.3, 0.4) is 0 Å². The van der Waals surface area contributed by atoms with Crippen molar-refractivity contribution in [1.29, 1.82) is 0 Å². The fourth-order valence-electron chi connectivity index (χ4n) is 5.11. The Labute approximate surface area is 218 Å². The third-order valence-corrected chi connectivity index (χ3v) is 7.10. The fraction of sp³-hybridized carbons (Fsp3) is 0.333. The molecule has 3 heterocycles. The Morgan fingerprint density at radius 2 is 1.77 bits per heavy atom. The van der Waals surface area contributed by atoms with Crippen LogP contribution in [0.25, 0.3) is 22.2 Å². The maximum absolute atomic E-state index is 6.36. The smallest absolute Gasteiger partial charge is 0.146 e. The number of likely N-dealkylation sites (tertiary alicyclic amines) is 1. The molecule has 0 amide bonds.